The van der Waals surface area contributed by atoms with Crippen molar-refractivity contribution in [2.75, 3.05) is 45.9 Å². The lowest BCUT2D eigenvalue weighted by atomic mass is 10.2. The lowest BCUT2D eigenvalue weighted by Crippen LogP contribution is -2.57. The predicted octanol–water partition coefficient (Wildman–Crippen LogP) is 1.46. The summed E-state index contributed by atoms with van der Waals surface area (Å²) < 4.78 is 10.9. The molecule has 1 atom stereocenters. The van der Waals surface area contributed by atoms with Crippen LogP contribution < -0.4 is 5.32 Å². The molecule has 2 rings (SSSR count). The third-order valence-electron chi connectivity index (χ3n) is 3.85. The normalized spacial score (nSPS) is 20.5. The maximum absolute atomic E-state index is 12.2. The van der Waals surface area contributed by atoms with Gasteiger partial charge in [0.1, 0.15) is 5.60 Å². The van der Waals surface area contributed by atoms with Crippen LogP contribution in [0.4, 0.5) is 4.79 Å². The van der Waals surface area contributed by atoms with E-state index in [0.717, 1.165) is 25.5 Å². The minimum Gasteiger partial charge on any atom is -0.444 e. The van der Waals surface area contributed by atoms with E-state index in [0.29, 0.717) is 32.8 Å². The summed E-state index contributed by atoms with van der Waals surface area (Å²) in [6, 6.07) is 0.232. The van der Waals surface area contributed by atoms with Gasteiger partial charge in [0.25, 0.3) is 0 Å². The van der Waals surface area contributed by atoms with Crippen LogP contribution in [0.1, 0.15) is 27.2 Å². The average Bonchev–Trinajstić information content (AvgIpc) is 2.91. The number of nitrogens with one attached hydrogen (secondary N) is 1. The molecule has 0 aromatic carbocycles. The van der Waals surface area contributed by atoms with E-state index in [1.54, 1.807) is 4.90 Å². The molecule has 24 heavy (non-hydrogen) atoms. The van der Waals surface area contributed by atoms with Crippen molar-refractivity contribution in [1.82, 2.24) is 15.1 Å². The van der Waals surface area contributed by atoms with Crippen LogP contribution in [-0.2, 0) is 9.47 Å². The Bertz CT molecular complexity index is 473. The smallest absolute Gasteiger partial charge is 0.410 e. The molecule has 1 fully saturated rings. The first-order chi connectivity index (χ1) is 11.4. The largest absolute Gasteiger partial charge is 0.444 e. The molecule has 0 bridgehead atoms. The molecule has 0 saturated carbocycles. The van der Waals surface area contributed by atoms with Crippen molar-refractivity contribution in [3.63, 3.8) is 0 Å². The zero-order valence-corrected chi connectivity index (χ0v) is 15.1. The molecule has 2 aliphatic rings. The van der Waals surface area contributed by atoms with E-state index in [2.05, 4.69) is 21.8 Å². The number of piperazine rings is 1. The molecular weight excluding hydrogens is 308 g/mol. The topological polar surface area (TPSA) is 66.4 Å². The summed E-state index contributed by atoms with van der Waals surface area (Å²) in [5, 5.41) is 3.33. The molecule has 1 N–H and O–H groups in total. The Kier molecular flexibility index (Phi) is 6.48. The van der Waals surface area contributed by atoms with Gasteiger partial charge in [0.15, 0.2) is 5.96 Å². The number of hydrogen-bond acceptors (Lipinski definition) is 6. The molecule has 7 heteroatoms. The monoisotopic (exact) mass is 338 g/mol. The molecule has 2 aliphatic heterocycles. The van der Waals surface area contributed by atoms with E-state index >= 15 is 0 Å². The van der Waals surface area contributed by atoms with Gasteiger partial charge in [-0.3, -0.25) is 4.99 Å². The van der Waals surface area contributed by atoms with Crippen molar-refractivity contribution in [2.24, 2.45) is 4.99 Å². The summed E-state index contributed by atoms with van der Waals surface area (Å²) in [5.41, 5.74) is -0.460. The number of aliphatic imine (C=N–C) groups is 1. The molecule has 1 amide bonds. The zero-order valence-electron chi connectivity index (χ0n) is 15.1. The van der Waals surface area contributed by atoms with E-state index in [1.165, 1.54) is 0 Å². The molecule has 0 radical (unpaired) electrons. The van der Waals surface area contributed by atoms with E-state index in [9.17, 15) is 4.79 Å². The molecule has 136 valence electrons. The highest BCUT2D eigenvalue weighted by atomic mass is 16.6. The second-order valence-corrected chi connectivity index (χ2v) is 7.05. The molecule has 7 nitrogen and oxygen atoms in total. The Morgan fingerprint density at radius 2 is 2.21 bits per heavy atom. The van der Waals surface area contributed by atoms with E-state index < -0.39 is 5.60 Å². The Balaban J connectivity index is 1.72. The first kappa shape index (κ1) is 18.6. The van der Waals surface area contributed by atoms with E-state index in [4.69, 9.17) is 9.47 Å². The zero-order chi connectivity index (χ0) is 17.6. The quantitative estimate of drug-likeness (QED) is 0.587. The minimum absolute atomic E-state index is 0.232. The van der Waals surface area contributed by atoms with Crippen molar-refractivity contribution < 1.29 is 14.3 Å². The van der Waals surface area contributed by atoms with Crippen LogP contribution in [0.15, 0.2) is 17.6 Å². The number of carbonyl (C=O) groups excluding carboxylic acids is 1. The SMILES string of the molecule is C=CCCOCCNC1=NCC2CN(C(=O)OC(C)(C)C)CCN12. The van der Waals surface area contributed by atoms with Crippen LogP contribution in [-0.4, -0.2) is 79.4 Å². The average molecular weight is 338 g/mol. The van der Waals surface area contributed by atoms with Gasteiger partial charge in [0.05, 0.1) is 25.8 Å². The van der Waals surface area contributed by atoms with Gasteiger partial charge in [-0.1, -0.05) is 6.08 Å². The Morgan fingerprint density at radius 3 is 2.92 bits per heavy atom. The number of amides is 1. The van der Waals surface area contributed by atoms with Crippen LogP contribution in [0.5, 0.6) is 0 Å². The van der Waals surface area contributed by atoms with Crippen LogP contribution in [0.2, 0.25) is 0 Å². The highest BCUT2D eigenvalue weighted by molar-refractivity contribution is 5.82. The third-order valence-corrected chi connectivity index (χ3v) is 3.85. The van der Waals surface area contributed by atoms with Gasteiger partial charge in [-0.05, 0) is 27.2 Å². The number of hydrogen-bond donors (Lipinski definition) is 1. The van der Waals surface area contributed by atoms with Crippen LogP contribution >= 0.6 is 0 Å². The molecule has 0 aromatic heterocycles. The van der Waals surface area contributed by atoms with Crippen molar-refractivity contribution in [2.45, 2.75) is 38.8 Å². The number of fused-ring (bicyclic) bond motifs is 1. The maximum atomic E-state index is 12.2. The second-order valence-electron chi connectivity index (χ2n) is 7.05. The summed E-state index contributed by atoms with van der Waals surface area (Å²) in [4.78, 5) is 20.8. The number of nitrogens with zero attached hydrogens (tertiary/aromatic N) is 3. The van der Waals surface area contributed by atoms with Crippen molar-refractivity contribution >= 4 is 12.1 Å². The van der Waals surface area contributed by atoms with Gasteiger partial charge < -0.3 is 24.6 Å². The first-order valence-corrected chi connectivity index (χ1v) is 8.62. The van der Waals surface area contributed by atoms with Crippen LogP contribution in [0.25, 0.3) is 0 Å². The highest BCUT2D eigenvalue weighted by Crippen LogP contribution is 2.18. The molecule has 0 aliphatic carbocycles. The van der Waals surface area contributed by atoms with Gasteiger partial charge in [-0.25, -0.2) is 4.79 Å². The van der Waals surface area contributed by atoms with Crippen molar-refractivity contribution in [1.29, 1.82) is 0 Å². The molecule has 1 saturated heterocycles. The summed E-state index contributed by atoms with van der Waals surface area (Å²) in [7, 11) is 0. The van der Waals surface area contributed by atoms with Crippen LogP contribution in [0, 0.1) is 0 Å². The fraction of sp³-hybridized carbons (Fsp3) is 0.765. The standard InChI is InChI=1S/C17H30N4O3/c1-5-6-10-23-11-7-18-15-19-12-14-13-20(8-9-21(14)15)16(22)24-17(2,3)4/h5,14H,1,6-13H2,2-4H3,(H,18,19). The Hall–Kier alpha value is -1.76. The van der Waals surface area contributed by atoms with E-state index in [1.807, 2.05) is 26.8 Å². The summed E-state index contributed by atoms with van der Waals surface area (Å²) in [6.07, 6.45) is 2.48. The third kappa shape index (κ3) is 5.40. The van der Waals surface area contributed by atoms with Gasteiger partial charge in [-0.15, -0.1) is 6.58 Å². The number of ether oxygens (including phenoxy) is 2. The fourth-order valence-electron chi connectivity index (χ4n) is 2.73. The maximum Gasteiger partial charge on any atom is 0.410 e. The molecule has 2 heterocycles. The van der Waals surface area contributed by atoms with Crippen molar-refractivity contribution in [3.8, 4) is 0 Å². The number of rotatable bonds is 6. The summed E-state index contributed by atoms with van der Waals surface area (Å²) >= 11 is 0. The first-order valence-electron chi connectivity index (χ1n) is 8.62. The molecular formula is C17H30N4O3. The lowest BCUT2D eigenvalue weighted by Gasteiger charge is -2.39. The predicted molar refractivity (Wildman–Crippen MR) is 94.2 cm³/mol. The number of guanidine groups is 1. The summed E-state index contributed by atoms with van der Waals surface area (Å²) in [6.45, 7) is 14.2. The molecule has 0 aromatic rings. The van der Waals surface area contributed by atoms with Crippen LogP contribution in [0.3, 0.4) is 0 Å². The van der Waals surface area contributed by atoms with E-state index in [-0.39, 0.29) is 12.1 Å². The van der Waals surface area contributed by atoms with Gasteiger partial charge in [-0.2, -0.15) is 0 Å². The second kappa shape index (κ2) is 8.37. The number of carbonyl (C=O) groups is 1. The van der Waals surface area contributed by atoms with Gasteiger partial charge >= 0.3 is 6.09 Å². The fourth-order valence-corrected chi connectivity index (χ4v) is 2.73. The Labute approximate surface area is 144 Å². The Morgan fingerprint density at radius 1 is 1.42 bits per heavy atom. The van der Waals surface area contributed by atoms with Crippen molar-refractivity contribution in [3.05, 3.63) is 12.7 Å². The molecule has 0 spiro atoms. The van der Waals surface area contributed by atoms with Gasteiger partial charge in [0.2, 0.25) is 0 Å². The van der Waals surface area contributed by atoms with Gasteiger partial charge in [0, 0.05) is 26.2 Å². The lowest BCUT2D eigenvalue weighted by molar-refractivity contribution is 0.0137. The summed E-state index contributed by atoms with van der Waals surface area (Å²) in [5.74, 6) is 0.913. The highest BCUT2D eigenvalue weighted by Gasteiger charge is 2.36. The minimum atomic E-state index is -0.460. The molecule has 1 unspecified atom stereocenters.